The van der Waals surface area contributed by atoms with Crippen molar-refractivity contribution in [2.45, 2.75) is 47.0 Å². The maximum atomic E-state index is 5.10. The van der Waals surface area contributed by atoms with Crippen LogP contribution >= 0.6 is 0 Å². The topological polar surface area (TPSA) is 38.9 Å². The molecule has 0 aliphatic carbocycles. The van der Waals surface area contributed by atoms with Gasteiger partial charge in [0.15, 0.2) is 0 Å². The second kappa shape index (κ2) is 6.83. The van der Waals surface area contributed by atoms with Gasteiger partial charge in [0.25, 0.3) is 0 Å². The zero-order valence-corrected chi connectivity index (χ0v) is 8.42. The van der Waals surface area contributed by atoms with Gasteiger partial charge in [-0.25, -0.2) is 0 Å². The average Bonchev–Trinajstić information content (AvgIpc) is 2.38. The van der Waals surface area contributed by atoms with E-state index >= 15 is 0 Å². The molecule has 0 spiro atoms. The number of nitrogens with zero attached hydrogens (tertiary/aromatic N) is 2. The number of aryl methyl sites for hydroxylation is 2. The minimum atomic E-state index is 0.651. The van der Waals surface area contributed by atoms with Gasteiger partial charge in [-0.15, -0.1) is 10.2 Å². The minimum absolute atomic E-state index is 0.651. The molecule has 12 heavy (non-hydrogen) atoms. The Morgan fingerprint density at radius 1 is 1.17 bits per heavy atom. The molecule has 3 heteroatoms. The van der Waals surface area contributed by atoms with Crippen LogP contribution in [0.15, 0.2) is 4.42 Å². The lowest BCUT2D eigenvalue weighted by Crippen LogP contribution is -1.80. The van der Waals surface area contributed by atoms with E-state index in [1.807, 2.05) is 0 Å². The molecule has 3 nitrogen and oxygen atoms in total. The van der Waals surface area contributed by atoms with E-state index in [2.05, 4.69) is 31.0 Å². The highest BCUT2D eigenvalue weighted by atomic mass is 16.4. The van der Waals surface area contributed by atoms with E-state index in [4.69, 9.17) is 4.42 Å². The Hall–Kier alpha value is -0.860. The summed E-state index contributed by atoms with van der Waals surface area (Å²) in [7, 11) is 0. The van der Waals surface area contributed by atoms with Crippen molar-refractivity contribution in [2.24, 2.45) is 0 Å². The molecule has 0 fully saturated rings. The summed E-state index contributed by atoms with van der Waals surface area (Å²) >= 11 is 0. The first-order valence-electron chi connectivity index (χ1n) is 4.53. The SMILES string of the molecule is CCC.CCCc1nnc(C)o1. The zero-order chi connectivity index (χ0) is 9.40. The lowest BCUT2D eigenvalue weighted by atomic mass is 10.3. The van der Waals surface area contributed by atoms with Gasteiger partial charge in [-0.1, -0.05) is 27.2 Å². The molecule has 0 bridgehead atoms. The lowest BCUT2D eigenvalue weighted by molar-refractivity contribution is 0.465. The highest BCUT2D eigenvalue weighted by Crippen LogP contribution is 1.99. The van der Waals surface area contributed by atoms with Crippen LogP contribution in [-0.2, 0) is 6.42 Å². The standard InChI is InChI=1S/C6H10N2O.C3H8/c1-3-4-6-8-7-5(2)9-6;1-3-2/h3-4H2,1-2H3;3H2,1-2H3. The van der Waals surface area contributed by atoms with E-state index in [-0.39, 0.29) is 0 Å². The average molecular weight is 170 g/mol. The fourth-order valence-electron chi connectivity index (χ4n) is 0.652. The van der Waals surface area contributed by atoms with E-state index in [0.29, 0.717) is 5.89 Å². The van der Waals surface area contributed by atoms with E-state index in [1.165, 1.54) is 6.42 Å². The third-order valence-electron chi connectivity index (χ3n) is 1.03. The predicted octanol–water partition coefficient (Wildman–Crippen LogP) is 2.75. The molecule has 1 heterocycles. The van der Waals surface area contributed by atoms with Crippen molar-refractivity contribution >= 4 is 0 Å². The van der Waals surface area contributed by atoms with Crippen molar-refractivity contribution in [2.75, 3.05) is 0 Å². The molecule has 70 valence electrons. The number of aromatic nitrogens is 2. The van der Waals surface area contributed by atoms with Crippen LogP contribution in [0.1, 0.15) is 45.4 Å². The Kier molecular flexibility index (Phi) is 6.34. The van der Waals surface area contributed by atoms with Crippen LogP contribution in [0.4, 0.5) is 0 Å². The molecule has 0 amide bonds. The second-order valence-corrected chi connectivity index (χ2v) is 2.67. The summed E-state index contributed by atoms with van der Waals surface area (Å²) in [4.78, 5) is 0. The quantitative estimate of drug-likeness (QED) is 0.685. The zero-order valence-electron chi connectivity index (χ0n) is 8.42. The van der Waals surface area contributed by atoms with Gasteiger partial charge in [-0.05, 0) is 6.42 Å². The van der Waals surface area contributed by atoms with E-state index < -0.39 is 0 Å². The molecule has 0 N–H and O–H groups in total. The number of rotatable bonds is 2. The van der Waals surface area contributed by atoms with Crippen molar-refractivity contribution in [3.05, 3.63) is 11.8 Å². The van der Waals surface area contributed by atoms with Crippen molar-refractivity contribution < 1.29 is 4.42 Å². The largest absolute Gasteiger partial charge is 0.426 e. The highest BCUT2D eigenvalue weighted by molar-refractivity contribution is 4.77. The van der Waals surface area contributed by atoms with Crippen LogP contribution < -0.4 is 0 Å². The highest BCUT2D eigenvalue weighted by Gasteiger charge is 1.97. The van der Waals surface area contributed by atoms with Gasteiger partial charge >= 0.3 is 0 Å². The fourth-order valence-corrected chi connectivity index (χ4v) is 0.652. The minimum Gasteiger partial charge on any atom is -0.426 e. The van der Waals surface area contributed by atoms with E-state index in [0.717, 1.165) is 18.7 Å². The lowest BCUT2D eigenvalue weighted by Gasteiger charge is -1.83. The monoisotopic (exact) mass is 170 g/mol. The van der Waals surface area contributed by atoms with Crippen LogP contribution in [0.25, 0.3) is 0 Å². The Morgan fingerprint density at radius 3 is 2.08 bits per heavy atom. The van der Waals surface area contributed by atoms with Gasteiger partial charge in [0, 0.05) is 13.3 Å². The number of hydrogen-bond acceptors (Lipinski definition) is 3. The first-order valence-corrected chi connectivity index (χ1v) is 4.53. The van der Waals surface area contributed by atoms with Crippen molar-refractivity contribution in [1.82, 2.24) is 10.2 Å². The molecule has 0 aliphatic rings. The Balaban J connectivity index is 0.000000354. The third kappa shape index (κ3) is 4.88. The molecular weight excluding hydrogens is 152 g/mol. The maximum Gasteiger partial charge on any atom is 0.216 e. The predicted molar refractivity (Wildman–Crippen MR) is 49.0 cm³/mol. The molecule has 0 saturated carbocycles. The van der Waals surface area contributed by atoms with E-state index in [9.17, 15) is 0 Å². The molecule has 0 atom stereocenters. The first kappa shape index (κ1) is 11.1. The molecule has 1 rings (SSSR count). The van der Waals surface area contributed by atoms with Crippen LogP contribution in [0.2, 0.25) is 0 Å². The fraction of sp³-hybridized carbons (Fsp3) is 0.778. The van der Waals surface area contributed by atoms with Crippen molar-refractivity contribution in [1.29, 1.82) is 0 Å². The normalized spacial score (nSPS) is 9.00. The van der Waals surface area contributed by atoms with Gasteiger partial charge in [-0.2, -0.15) is 0 Å². The smallest absolute Gasteiger partial charge is 0.216 e. The van der Waals surface area contributed by atoms with Crippen molar-refractivity contribution in [3.8, 4) is 0 Å². The third-order valence-corrected chi connectivity index (χ3v) is 1.03. The molecule has 0 aliphatic heterocycles. The summed E-state index contributed by atoms with van der Waals surface area (Å²) in [5, 5.41) is 7.51. The molecule has 1 aromatic rings. The van der Waals surface area contributed by atoms with Crippen LogP contribution in [-0.4, -0.2) is 10.2 Å². The van der Waals surface area contributed by atoms with Gasteiger partial charge in [0.05, 0.1) is 0 Å². The van der Waals surface area contributed by atoms with Gasteiger partial charge in [0.1, 0.15) is 0 Å². The summed E-state index contributed by atoms with van der Waals surface area (Å²) in [6.07, 6.45) is 3.20. The summed E-state index contributed by atoms with van der Waals surface area (Å²) < 4.78 is 5.10. The molecule has 0 saturated heterocycles. The summed E-state index contributed by atoms with van der Waals surface area (Å²) in [5.41, 5.74) is 0. The first-order chi connectivity index (χ1) is 5.74. The summed E-state index contributed by atoms with van der Waals surface area (Å²) in [6, 6.07) is 0. The molecule has 1 aromatic heterocycles. The van der Waals surface area contributed by atoms with E-state index in [1.54, 1.807) is 6.92 Å². The maximum absolute atomic E-state index is 5.10. The Bertz CT molecular complexity index is 196. The van der Waals surface area contributed by atoms with Crippen LogP contribution in [0.5, 0.6) is 0 Å². The molecule has 0 radical (unpaired) electrons. The Labute approximate surface area is 74.2 Å². The molecule has 0 aromatic carbocycles. The molecular formula is C9H18N2O. The molecule has 0 unspecified atom stereocenters. The second-order valence-electron chi connectivity index (χ2n) is 2.67. The summed E-state index contributed by atoms with van der Waals surface area (Å²) in [6.45, 7) is 8.13. The Morgan fingerprint density at radius 2 is 1.75 bits per heavy atom. The van der Waals surface area contributed by atoms with Crippen molar-refractivity contribution in [3.63, 3.8) is 0 Å². The van der Waals surface area contributed by atoms with Gasteiger partial charge in [0.2, 0.25) is 11.8 Å². The van der Waals surface area contributed by atoms with Crippen LogP contribution in [0.3, 0.4) is 0 Å². The van der Waals surface area contributed by atoms with Crippen LogP contribution in [0, 0.1) is 6.92 Å². The summed E-state index contributed by atoms with van der Waals surface area (Å²) in [5.74, 6) is 1.40. The number of hydrogen-bond donors (Lipinski definition) is 0. The van der Waals surface area contributed by atoms with Gasteiger partial charge < -0.3 is 4.42 Å². The van der Waals surface area contributed by atoms with Gasteiger partial charge in [-0.3, -0.25) is 0 Å².